The summed E-state index contributed by atoms with van der Waals surface area (Å²) >= 11 is 3.47. The molecule has 0 aliphatic heterocycles. The highest BCUT2D eigenvalue weighted by Crippen LogP contribution is 2.37. The molecule has 0 heterocycles. The average Bonchev–Trinajstić information content (AvgIpc) is 2.87. The highest BCUT2D eigenvalue weighted by Gasteiger charge is 2.12. The van der Waals surface area contributed by atoms with Crippen molar-refractivity contribution in [2.24, 2.45) is 5.10 Å². The second-order valence-corrected chi connectivity index (χ2v) is 8.17. The molecule has 1 amide bonds. The number of hydrazone groups is 1. The number of hydrogen-bond acceptors (Lipinski definition) is 7. The summed E-state index contributed by atoms with van der Waals surface area (Å²) in [5, 5.41) is 14.8. The number of rotatable bonds is 11. The topological polar surface area (TPSA) is 112 Å². The third kappa shape index (κ3) is 7.28. The van der Waals surface area contributed by atoms with Gasteiger partial charge in [-0.15, -0.1) is 0 Å². The highest BCUT2D eigenvalue weighted by atomic mass is 79.9. The first-order chi connectivity index (χ1) is 16.9. The van der Waals surface area contributed by atoms with Crippen molar-refractivity contribution in [3.8, 4) is 17.2 Å². The maximum atomic E-state index is 12.3. The van der Waals surface area contributed by atoms with E-state index in [0.29, 0.717) is 39.5 Å². The Hall–Kier alpha value is -3.92. The zero-order chi connectivity index (χ0) is 25.2. The fourth-order valence-corrected chi connectivity index (χ4v) is 3.55. The van der Waals surface area contributed by atoms with Gasteiger partial charge in [-0.05, 0) is 82.0 Å². The average molecular weight is 542 g/mol. The lowest BCUT2D eigenvalue weighted by molar-refractivity contribution is -0.384. The van der Waals surface area contributed by atoms with Gasteiger partial charge in [-0.3, -0.25) is 14.9 Å². The summed E-state index contributed by atoms with van der Waals surface area (Å²) in [5.74, 6) is 1.28. The molecule has 0 aliphatic rings. The van der Waals surface area contributed by atoms with Crippen molar-refractivity contribution < 1.29 is 23.9 Å². The maximum absolute atomic E-state index is 12.3. The number of hydrogen-bond donors (Lipinski definition) is 1. The van der Waals surface area contributed by atoms with E-state index in [1.807, 2.05) is 6.92 Å². The molecule has 0 bridgehead atoms. The van der Waals surface area contributed by atoms with Crippen molar-refractivity contribution in [3.63, 3.8) is 0 Å². The van der Waals surface area contributed by atoms with Gasteiger partial charge in [0.2, 0.25) is 0 Å². The predicted octanol–water partition coefficient (Wildman–Crippen LogP) is 5.50. The summed E-state index contributed by atoms with van der Waals surface area (Å²) in [7, 11) is 1.51. The fourth-order valence-electron chi connectivity index (χ4n) is 2.98. The van der Waals surface area contributed by atoms with E-state index in [9.17, 15) is 14.9 Å². The van der Waals surface area contributed by atoms with Crippen molar-refractivity contribution in [1.29, 1.82) is 0 Å². The lowest BCUT2D eigenvalue weighted by Crippen LogP contribution is -2.17. The fraction of sp³-hybridized carbons (Fsp3) is 0.200. The van der Waals surface area contributed by atoms with Gasteiger partial charge in [0.05, 0.1) is 29.3 Å². The second-order valence-electron chi connectivity index (χ2n) is 7.32. The van der Waals surface area contributed by atoms with Crippen molar-refractivity contribution in [3.05, 3.63) is 91.9 Å². The normalized spacial score (nSPS) is 10.7. The SMILES string of the molecule is CCCOc1ccc(C(=O)N/N=C\c2cc(Br)c(OCc3ccc([N+](=O)[O-])cc3)c(OC)c2)cc1. The van der Waals surface area contributed by atoms with Gasteiger partial charge in [0, 0.05) is 17.7 Å². The van der Waals surface area contributed by atoms with Crippen molar-refractivity contribution in [2.45, 2.75) is 20.0 Å². The van der Waals surface area contributed by atoms with Crippen molar-refractivity contribution in [2.75, 3.05) is 13.7 Å². The summed E-state index contributed by atoms with van der Waals surface area (Å²) in [4.78, 5) is 22.7. The largest absolute Gasteiger partial charge is 0.494 e. The van der Waals surface area contributed by atoms with Gasteiger partial charge in [0.1, 0.15) is 12.4 Å². The number of nitrogens with one attached hydrogen (secondary N) is 1. The van der Waals surface area contributed by atoms with E-state index in [2.05, 4.69) is 26.5 Å². The Kier molecular flexibility index (Phi) is 9.19. The summed E-state index contributed by atoms with van der Waals surface area (Å²) in [6.07, 6.45) is 2.40. The minimum atomic E-state index is -0.452. The molecule has 3 aromatic rings. The number of ether oxygens (including phenoxy) is 3. The van der Waals surface area contributed by atoms with E-state index in [1.54, 1.807) is 48.5 Å². The summed E-state index contributed by atoms with van der Waals surface area (Å²) in [5.41, 5.74) is 4.40. The molecule has 182 valence electrons. The monoisotopic (exact) mass is 541 g/mol. The predicted molar refractivity (Wildman–Crippen MR) is 135 cm³/mol. The quantitative estimate of drug-likeness (QED) is 0.195. The van der Waals surface area contributed by atoms with Crippen LogP contribution in [0.4, 0.5) is 5.69 Å². The number of amides is 1. The van der Waals surface area contributed by atoms with Gasteiger partial charge >= 0.3 is 0 Å². The van der Waals surface area contributed by atoms with Gasteiger partial charge in [0.15, 0.2) is 11.5 Å². The zero-order valence-electron chi connectivity index (χ0n) is 19.2. The van der Waals surface area contributed by atoms with Crippen LogP contribution in [0.15, 0.2) is 70.2 Å². The molecule has 10 heteroatoms. The molecular formula is C25H24BrN3O6. The van der Waals surface area contributed by atoms with Crippen LogP contribution in [0.2, 0.25) is 0 Å². The smallest absolute Gasteiger partial charge is 0.271 e. The van der Waals surface area contributed by atoms with Crippen molar-refractivity contribution >= 4 is 33.7 Å². The maximum Gasteiger partial charge on any atom is 0.271 e. The van der Waals surface area contributed by atoms with E-state index < -0.39 is 4.92 Å². The number of carbonyl (C=O) groups excluding carboxylic acids is 1. The van der Waals surface area contributed by atoms with Crippen LogP contribution in [0.3, 0.4) is 0 Å². The van der Waals surface area contributed by atoms with Gasteiger partial charge in [-0.2, -0.15) is 5.10 Å². The van der Waals surface area contributed by atoms with Crippen LogP contribution in [0, 0.1) is 10.1 Å². The standard InChI is InChI=1S/C25H24BrN3O6/c1-3-12-34-21-10-6-19(7-11-21)25(30)28-27-15-18-13-22(26)24(23(14-18)33-2)35-16-17-4-8-20(9-5-17)29(31)32/h4-11,13-15H,3,12,16H2,1-2H3,(H,28,30)/b27-15-. The minimum Gasteiger partial charge on any atom is -0.494 e. The van der Waals surface area contributed by atoms with Crippen LogP contribution in [0.5, 0.6) is 17.2 Å². The summed E-state index contributed by atoms with van der Waals surface area (Å²) < 4.78 is 17.4. The van der Waals surface area contributed by atoms with E-state index in [-0.39, 0.29) is 18.2 Å². The first-order valence-electron chi connectivity index (χ1n) is 10.7. The molecule has 0 spiro atoms. The summed E-state index contributed by atoms with van der Waals surface area (Å²) in [6, 6.07) is 16.4. The van der Waals surface area contributed by atoms with Crippen LogP contribution in [-0.4, -0.2) is 30.8 Å². The van der Waals surface area contributed by atoms with E-state index in [1.165, 1.54) is 25.5 Å². The van der Waals surface area contributed by atoms with Crippen LogP contribution in [0.25, 0.3) is 0 Å². The van der Waals surface area contributed by atoms with Gasteiger partial charge in [-0.25, -0.2) is 5.43 Å². The molecule has 0 saturated carbocycles. The second kappa shape index (κ2) is 12.5. The summed E-state index contributed by atoms with van der Waals surface area (Å²) in [6.45, 7) is 2.84. The Balaban J connectivity index is 1.62. The molecule has 0 fully saturated rings. The highest BCUT2D eigenvalue weighted by molar-refractivity contribution is 9.10. The van der Waals surface area contributed by atoms with Crippen LogP contribution < -0.4 is 19.6 Å². The van der Waals surface area contributed by atoms with Crippen molar-refractivity contribution in [1.82, 2.24) is 5.43 Å². The molecule has 3 aromatic carbocycles. The molecule has 9 nitrogen and oxygen atoms in total. The Morgan fingerprint density at radius 2 is 1.83 bits per heavy atom. The van der Waals surface area contributed by atoms with E-state index >= 15 is 0 Å². The van der Waals surface area contributed by atoms with Gasteiger partial charge < -0.3 is 14.2 Å². The Morgan fingerprint density at radius 1 is 1.11 bits per heavy atom. The molecule has 35 heavy (non-hydrogen) atoms. The number of non-ortho nitro benzene ring substituents is 1. The molecule has 0 unspecified atom stereocenters. The van der Waals surface area contributed by atoms with Crippen LogP contribution in [-0.2, 0) is 6.61 Å². The minimum absolute atomic E-state index is 0.0150. The zero-order valence-corrected chi connectivity index (χ0v) is 20.8. The Bertz CT molecular complexity index is 1200. The Labute approximate surface area is 211 Å². The number of nitrogens with zero attached hydrogens (tertiary/aromatic N) is 2. The van der Waals surface area contributed by atoms with Crippen LogP contribution >= 0.6 is 15.9 Å². The number of benzene rings is 3. The van der Waals surface area contributed by atoms with Gasteiger partial charge in [-0.1, -0.05) is 6.92 Å². The molecule has 0 radical (unpaired) electrons. The lowest BCUT2D eigenvalue weighted by atomic mass is 10.2. The third-order valence-corrected chi connectivity index (χ3v) is 5.34. The van der Waals surface area contributed by atoms with E-state index in [0.717, 1.165) is 12.0 Å². The number of carbonyl (C=O) groups is 1. The molecular weight excluding hydrogens is 518 g/mol. The number of nitro benzene ring substituents is 1. The molecule has 0 aromatic heterocycles. The van der Waals surface area contributed by atoms with Crippen LogP contribution in [0.1, 0.15) is 34.8 Å². The third-order valence-electron chi connectivity index (χ3n) is 4.75. The van der Waals surface area contributed by atoms with Gasteiger partial charge in [0.25, 0.3) is 11.6 Å². The number of methoxy groups -OCH3 is 1. The molecule has 1 N–H and O–H groups in total. The first kappa shape index (κ1) is 25.7. The molecule has 0 saturated heterocycles. The number of halogens is 1. The molecule has 3 rings (SSSR count). The number of nitro groups is 1. The Morgan fingerprint density at radius 3 is 2.46 bits per heavy atom. The lowest BCUT2D eigenvalue weighted by Gasteiger charge is -2.13. The molecule has 0 atom stereocenters. The van der Waals surface area contributed by atoms with E-state index in [4.69, 9.17) is 14.2 Å². The first-order valence-corrected chi connectivity index (χ1v) is 11.5. The molecule has 0 aliphatic carbocycles.